The molecule has 6 nitrogen and oxygen atoms in total. The van der Waals surface area contributed by atoms with E-state index in [0.717, 1.165) is 5.57 Å². The molecule has 1 aromatic carbocycles. The molecule has 20 heavy (non-hydrogen) atoms. The molecule has 0 saturated carbocycles. The quantitative estimate of drug-likeness (QED) is 0.657. The third-order valence-corrected chi connectivity index (χ3v) is 3.07. The summed E-state index contributed by atoms with van der Waals surface area (Å²) in [4.78, 5) is 23.1. The van der Waals surface area contributed by atoms with Crippen molar-refractivity contribution in [2.24, 2.45) is 5.73 Å². The zero-order valence-corrected chi connectivity index (χ0v) is 10.9. The number of primary amides is 1. The van der Waals surface area contributed by atoms with Crippen molar-refractivity contribution < 1.29 is 9.72 Å². The minimum atomic E-state index is -0.393. The number of nitrogens with two attached hydrogens (primary N) is 1. The molecule has 6 heteroatoms. The van der Waals surface area contributed by atoms with Crippen LogP contribution in [0.3, 0.4) is 0 Å². The Bertz CT molecular complexity index is 593. The number of nitro groups is 1. The lowest BCUT2D eigenvalue weighted by Gasteiger charge is -2.22. The van der Waals surface area contributed by atoms with Crippen LogP contribution in [0.1, 0.15) is 12.8 Å². The van der Waals surface area contributed by atoms with Crippen LogP contribution in [0.2, 0.25) is 0 Å². The standard InChI is InChI=1S/C14H15N3O3/c15-14(18)6-5-11-7-9-16(10-8-11)12-3-1-2-4-13(12)17(19)20/h1-4,7-9H,5-6,10H2,(H2,15,18). The molecule has 2 N–H and O–H groups in total. The molecule has 0 unspecified atom stereocenters. The number of benzene rings is 1. The fourth-order valence-electron chi connectivity index (χ4n) is 2.02. The van der Waals surface area contributed by atoms with E-state index in [2.05, 4.69) is 0 Å². The molecule has 0 spiro atoms. The lowest BCUT2D eigenvalue weighted by atomic mass is 10.1. The second-order valence-electron chi connectivity index (χ2n) is 4.46. The van der Waals surface area contributed by atoms with Crippen LogP contribution < -0.4 is 10.6 Å². The van der Waals surface area contributed by atoms with Crippen LogP contribution in [-0.4, -0.2) is 17.4 Å². The summed E-state index contributed by atoms with van der Waals surface area (Å²) in [5.74, 6) is -0.333. The monoisotopic (exact) mass is 273 g/mol. The molecule has 104 valence electrons. The second-order valence-corrected chi connectivity index (χ2v) is 4.46. The Morgan fingerprint density at radius 1 is 1.40 bits per heavy atom. The molecule has 0 aliphatic carbocycles. The van der Waals surface area contributed by atoms with Gasteiger partial charge in [0.1, 0.15) is 5.69 Å². The fraction of sp³-hybridized carbons (Fsp3) is 0.214. The normalized spacial score (nSPS) is 14.0. The van der Waals surface area contributed by atoms with Crippen LogP contribution >= 0.6 is 0 Å². The number of nitrogens with zero attached hydrogens (tertiary/aromatic N) is 2. The van der Waals surface area contributed by atoms with Crippen molar-refractivity contribution in [1.82, 2.24) is 0 Å². The maximum Gasteiger partial charge on any atom is 0.292 e. The third kappa shape index (κ3) is 3.23. The molecular weight excluding hydrogens is 258 g/mol. The molecule has 1 aliphatic heterocycles. The molecule has 0 bridgehead atoms. The zero-order valence-electron chi connectivity index (χ0n) is 10.9. The molecular formula is C14H15N3O3. The van der Waals surface area contributed by atoms with Crippen molar-refractivity contribution in [3.05, 3.63) is 58.3 Å². The van der Waals surface area contributed by atoms with E-state index in [9.17, 15) is 14.9 Å². The topological polar surface area (TPSA) is 89.5 Å². The van der Waals surface area contributed by atoms with Crippen molar-refractivity contribution in [3.8, 4) is 0 Å². The van der Waals surface area contributed by atoms with Crippen LogP contribution in [0.5, 0.6) is 0 Å². The summed E-state index contributed by atoms with van der Waals surface area (Å²) >= 11 is 0. The molecule has 1 heterocycles. The summed E-state index contributed by atoms with van der Waals surface area (Å²) < 4.78 is 0. The maximum absolute atomic E-state index is 11.0. The van der Waals surface area contributed by atoms with Crippen LogP contribution in [-0.2, 0) is 4.79 Å². The number of rotatable bonds is 5. The number of allylic oxidation sites excluding steroid dienone is 2. The van der Waals surface area contributed by atoms with Crippen LogP contribution in [0.4, 0.5) is 11.4 Å². The number of carbonyl (C=O) groups excluding carboxylic acids is 1. The highest BCUT2D eigenvalue weighted by Gasteiger charge is 2.18. The van der Waals surface area contributed by atoms with Gasteiger partial charge in [0.05, 0.1) is 4.92 Å². The van der Waals surface area contributed by atoms with E-state index in [-0.39, 0.29) is 11.6 Å². The highest BCUT2D eigenvalue weighted by Crippen LogP contribution is 2.29. The molecule has 1 aliphatic rings. The maximum atomic E-state index is 11.0. The first-order chi connectivity index (χ1) is 9.58. The Morgan fingerprint density at radius 2 is 2.15 bits per heavy atom. The summed E-state index contributed by atoms with van der Waals surface area (Å²) in [5.41, 5.74) is 6.75. The lowest BCUT2D eigenvalue weighted by Crippen LogP contribution is -2.20. The predicted octanol–water partition coefficient (Wildman–Crippen LogP) is 2.12. The zero-order chi connectivity index (χ0) is 14.5. The summed E-state index contributed by atoms with van der Waals surface area (Å²) in [7, 11) is 0. The average Bonchev–Trinajstić information content (AvgIpc) is 2.45. The fourth-order valence-corrected chi connectivity index (χ4v) is 2.02. The minimum absolute atomic E-state index is 0.0751. The second kappa shape index (κ2) is 6.01. The molecule has 0 fully saturated rings. The van der Waals surface area contributed by atoms with Crippen LogP contribution in [0, 0.1) is 10.1 Å². The Morgan fingerprint density at radius 3 is 2.75 bits per heavy atom. The number of hydrogen-bond acceptors (Lipinski definition) is 4. The van der Waals surface area contributed by atoms with Gasteiger partial charge in [0, 0.05) is 25.2 Å². The molecule has 0 radical (unpaired) electrons. The Kier molecular flexibility index (Phi) is 4.14. The van der Waals surface area contributed by atoms with Crippen LogP contribution in [0.15, 0.2) is 48.2 Å². The smallest absolute Gasteiger partial charge is 0.292 e. The number of nitro benzene ring substituents is 1. The first-order valence-corrected chi connectivity index (χ1v) is 6.23. The Hall–Kier alpha value is -2.63. The van der Waals surface area contributed by atoms with Gasteiger partial charge >= 0.3 is 0 Å². The molecule has 0 atom stereocenters. The van der Waals surface area contributed by atoms with E-state index >= 15 is 0 Å². The number of anilines is 1. The number of para-hydroxylation sites is 2. The van der Waals surface area contributed by atoms with Gasteiger partial charge in [-0.2, -0.15) is 0 Å². The van der Waals surface area contributed by atoms with E-state index in [1.54, 1.807) is 29.3 Å². The highest BCUT2D eigenvalue weighted by atomic mass is 16.6. The summed E-state index contributed by atoms with van der Waals surface area (Å²) in [6, 6.07) is 6.60. The first kappa shape index (κ1) is 13.8. The predicted molar refractivity (Wildman–Crippen MR) is 76.1 cm³/mol. The van der Waals surface area contributed by atoms with E-state index < -0.39 is 4.92 Å². The number of hydrogen-bond donors (Lipinski definition) is 1. The van der Waals surface area contributed by atoms with Gasteiger partial charge in [-0.1, -0.05) is 18.2 Å². The van der Waals surface area contributed by atoms with E-state index in [0.29, 0.717) is 25.1 Å². The van der Waals surface area contributed by atoms with Crippen LogP contribution in [0.25, 0.3) is 0 Å². The van der Waals surface area contributed by atoms with Gasteiger partial charge in [-0.25, -0.2) is 0 Å². The molecule has 0 saturated heterocycles. The Balaban J connectivity index is 2.10. The van der Waals surface area contributed by atoms with Gasteiger partial charge in [0.2, 0.25) is 5.91 Å². The van der Waals surface area contributed by atoms with Gasteiger partial charge in [-0.05, 0) is 24.1 Å². The number of carbonyl (C=O) groups is 1. The van der Waals surface area contributed by atoms with Gasteiger partial charge in [-0.15, -0.1) is 0 Å². The summed E-state index contributed by atoms with van der Waals surface area (Å²) in [6.45, 7) is 0.537. The summed E-state index contributed by atoms with van der Waals surface area (Å²) in [6.07, 6.45) is 6.49. The largest absolute Gasteiger partial charge is 0.370 e. The first-order valence-electron chi connectivity index (χ1n) is 6.23. The van der Waals surface area contributed by atoms with Gasteiger partial charge in [-0.3, -0.25) is 14.9 Å². The molecule has 1 aromatic rings. The van der Waals surface area contributed by atoms with Crippen molar-refractivity contribution >= 4 is 17.3 Å². The molecule has 0 aromatic heterocycles. The lowest BCUT2D eigenvalue weighted by molar-refractivity contribution is -0.384. The van der Waals surface area contributed by atoms with Crippen molar-refractivity contribution in [3.63, 3.8) is 0 Å². The van der Waals surface area contributed by atoms with Crippen molar-refractivity contribution in [1.29, 1.82) is 0 Å². The Labute approximate surface area is 116 Å². The van der Waals surface area contributed by atoms with Gasteiger partial charge in [0.25, 0.3) is 5.69 Å². The SMILES string of the molecule is NC(=O)CCC1=CCN(c2ccccc2[N+](=O)[O-])C=C1. The highest BCUT2D eigenvalue weighted by molar-refractivity contribution is 5.74. The van der Waals surface area contributed by atoms with E-state index in [1.807, 2.05) is 12.2 Å². The van der Waals surface area contributed by atoms with E-state index in [1.165, 1.54) is 6.07 Å². The van der Waals surface area contributed by atoms with Gasteiger partial charge < -0.3 is 10.6 Å². The van der Waals surface area contributed by atoms with E-state index in [4.69, 9.17) is 5.73 Å². The van der Waals surface area contributed by atoms with Crippen molar-refractivity contribution in [2.45, 2.75) is 12.8 Å². The minimum Gasteiger partial charge on any atom is -0.370 e. The molecule has 2 rings (SSSR count). The van der Waals surface area contributed by atoms with Crippen molar-refractivity contribution in [2.75, 3.05) is 11.4 Å². The number of amides is 1. The van der Waals surface area contributed by atoms with Gasteiger partial charge in [0.15, 0.2) is 0 Å². The third-order valence-electron chi connectivity index (χ3n) is 3.07. The average molecular weight is 273 g/mol. The summed E-state index contributed by atoms with van der Waals surface area (Å²) in [5, 5.41) is 11.0. The molecule has 1 amide bonds.